The van der Waals surface area contributed by atoms with Crippen LogP contribution in [0.2, 0.25) is 0 Å². The van der Waals surface area contributed by atoms with Gasteiger partial charge in [0.1, 0.15) is 6.61 Å². The van der Waals surface area contributed by atoms with E-state index in [1.807, 2.05) is 5.38 Å². The summed E-state index contributed by atoms with van der Waals surface area (Å²) in [7, 11) is 1.67. The smallest absolute Gasteiger partial charge is 0.417 e. The lowest BCUT2D eigenvalue weighted by molar-refractivity contribution is -0.137. The molecule has 0 radical (unpaired) electrons. The zero-order valence-electron chi connectivity index (χ0n) is 14.9. The molecule has 2 aromatic rings. The molecule has 0 saturated carbocycles. The minimum Gasteiger partial charge on any atom is -0.476 e. The van der Waals surface area contributed by atoms with Gasteiger partial charge in [-0.1, -0.05) is 6.92 Å². The summed E-state index contributed by atoms with van der Waals surface area (Å²) in [6.45, 7) is 3.55. The Hall–Kier alpha value is -1.56. The van der Waals surface area contributed by atoms with Crippen LogP contribution in [-0.2, 0) is 6.18 Å². The van der Waals surface area contributed by atoms with E-state index in [0.29, 0.717) is 18.4 Å². The molecular weight excluding hydrogens is 492 g/mol. The predicted octanol–water partition coefficient (Wildman–Crippen LogP) is 4.13. The number of thiophene rings is 1. The van der Waals surface area contributed by atoms with Gasteiger partial charge in [0.15, 0.2) is 5.96 Å². The molecule has 2 heterocycles. The second-order valence-electron chi connectivity index (χ2n) is 5.57. The minimum absolute atomic E-state index is 0. The zero-order valence-corrected chi connectivity index (χ0v) is 18.1. The molecule has 0 aliphatic rings. The average molecular weight is 514 g/mol. The normalized spacial score (nSPS) is 12.9. The van der Waals surface area contributed by atoms with Gasteiger partial charge >= 0.3 is 6.18 Å². The summed E-state index contributed by atoms with van der Waals surface area (Å²) in [5.41, 5.74) is 0.474. The largest absolute Gasteiger partial charge is 0.476 e. The minimum atomic E-state index is -4.40. The van der Waals surface area contributed by atoms with Gasteiger partial charge in [-0.2, -0.15) is 24.5 Å². The standard InChI is InChI=1S/C17H21F3N4OS.HI/c1-12(13-5-8-26-11-13)9-24-16(21-2)22-6-7-25-15-4-3-14(10-23-15)17(18,19)20;/h3-5,8,10-12H,6-7,9H2,1-2H3,(H2,21,22,24);1H. The molecule has 0 bridgehead atoms. The Balaban J connectivity index is 0.00000364. The fourth-order valence-electron chi connectivity index (χ4n) is 2.10. The quantitative estimate of drug-likeness (QED) is 0.253. The number of pyridine rings is 1. The third kappa shape index (κ3) is 7.91. The Morgan fingerprint density at radius 1 is 1.30 bits per heavy atom. The van der Waals surface area contributed by atoms with Crippen LogP contribution in [0.3, 0.4) is 0 Å². The SMILES string of the molecule is CN=C(NCCOc1ccc(C(F)(F)F)cn1)NCC(C)c1ccsc1.I. The highest BCUT2D eigenvalue weighted by Crippen LogP contribution is 2.29. The number of ether oxygens (including phenoxy) is 1. The highest BCUT2D eigenvalue weighted by Gasteiger charge is 2.30. The molecule has 2 rings (SSSR count). The van der Waals surface area contributed by atoms with E-state index in [2.05, 4.69) is 39.0 Å². The monoisotopic (exact) mass is 514 g/mol. The summed E-state index contributed by atoms with van der Waals surface area (Å²) >= 11 is 1.67. The topological polar surface area (TPSA) is 58.5 Å². The number of rotatable bonds is 7. The van der Waals surface area contributed by atoms with Crippen LogP contribution < -0.4 is 15.4 Å². The number of halogens is 4. The number of alkyl halides is 3. The lowest BCUT2D eigenvalue weighted by Gasteiger charge is -2.15. The molecule has 0 spiro atoms. The molecule has 1 atom stereocenters. The number of hydrogen-bond donors (Lipinski definition) is 2. The van der Waals surface area contributed by atoms with Crippen molar-refractivity contribution in [1.29, 1.82) is 0 Å². The van der Waals surface area contributed by atoms with Crippen LogP contribution in [0.5, 0.6) is 5.88 Å². The Labute approximate surface area is 177 Å². The lowest BCUT2D eigenvalue weighted by Crippen LogP contribution is -2.40. The van der Waals surface area contributed by atoms with Crippen LogP contribution >= 0.6 is 35.3 Å². The molecule has 150 valence electrons. The van der Waals surface area contributed by atoms with Gasteiger partial charge in [0, 0.05) is 25.9 Å². The zero-order chi connectivity index (χ0) is 19.0. The fraction of sp³-hybridized carbons (Fsp3) is 0.412. The summed E-state index contributed by atoms with van der Waals surface area (Å²) in [5.74, 6) is 1.14. The molecule has 2 aromatic heterocycles. The summed E-state index contributed by atoms with van der Waals surface area (Å²) < 4.78 is 42.7. The fourth-order valence-corrected chi connectivity index (χ4v) is 2.88. The van der Waals surface area contributed by atoms with Crippen molar-refractivity contribution in [2.75, 3.05) is 26.7 Å². The van der Waals surface area contributed by atoms with E-state index >= 15 is 0 Å². The van der Waals surface area contributed by atoms with Crippen molar-refractivity contribution in [1.82, 2.24) is 15.6 Å². The first-order valence-electron chi connectivity index (χ1n) is 8.03. The molecule has 10 heteroatoms. The van der Waals surface area contributed by atoms with E-state index in [1.165, 1.54) is 11.6 Å². The van der Waals surface area contributed by atoms with E-state index in [0.717, 1.165) is 18.8 Å². The highest BCUT2D eigenvalue weighted by atomic mass is 127. The Morgan fingerprint density at radius 2 is 2.07 bits per heavy atom. The lowest BCUT2D eigenvalue weighted by atomic mass is 10.1. The maximum atomic E-state index is 12.5. The van der Waals surface area contributed by atoms with E-state index in [9.17, 15) is 13.2 Å². The first-order valence-corrected chi connectivity index (χ1v) is 8.97. The molecule has 1 unspecified atom stereocenters. The van der Waals surface area contributed by atoms with Crippen molar-refractivity contribution >= 4 is 41.3 Å². The van der Waals surface area contributed by atoms with Crippen LogP contribution in [-0.4, -0.2) is 37.7 Å². The molecule has 0 aliphatic carbocycles. The summed E-state index contributed by atoms with van der Waals surface area (Å²) in [5, 5.41) is 10.5. The van der Waals surface area contributed by atoms with Crippen molar-refractivity contribution < 1.29 is 17.9 Å². The summed E-state index contributed by atoms with van der Waals surface area (Å²) in [6.07, 6.45) is -3.64. The second-order valence-corrected chi connectivity index (χ2v) is 6.35. The highest BCUT2D eigenvalue weighted by molar-refractivity contribution is 14.0. The molecule has 0 aliphatic heterocycles. The molecular formula is C17H22F3IN4OS. The van der Waals surface area contributed by atoms with Crippen molar-refractivity contribution in [2.45, 2.75) is 19.0 Å². The third-order valence-corrected chi connectivity index (χ3v) is 4.32. The Bertz CT molecular complexity index is 693. The summed E-state index contributed by atoms with van der Waals surface area (Å²) in [4.78, 5) is 7.78. The van der Waals surface area contributed by atoms with Crippen LogP contribution in [0.25, 0.3) is 0 Å². The summed E-state index contributed by atoms with van der Waals surface area (Å²) in [6, 6.07) is 4.25. The molecule has 0 aromatic carbocycles. The average Bonchev–Trinajstić information content (AvgIpc) is 3.15. The first-order chi connectivity index (χ1) is 12.4. The van der Waals surface area contributed by atoms with Gasteiger partial charge in [-0.05, 0) is 34.4 Å². The van der Waals surface area contributed by atoms with Gasteiger partial charge in [0.2, 0.25) is 5.88 Å². The van der Waals surface area contributed by atoms with E-state index in [4.69, 9.17) is 4.74 Å². The van der Waals surface area contributed by atoms with Crippen LogP contribution in [0.15, 0.2) is 40.1 Å². The predicted molar refractivity (Wildman–Crippen MR) is 112 cm³/mol. The van der Waals surface area contributed by atoms with Gasteiger partial charge < -0.3 is 15.4 Å². The van der Waals surface area contributed by atoms with Gasteiger partial charge in [0.25, 0.3) is 0 Å². The van der Waals surface area contributed by atoms with E-state index in [1.54, 1.807) is 18.4 Å². The van der Waals surface area contributed by atoms with Crippen LogP contribution in [0.4, 0.5) is 13.2 Å². The maximum absolute atomic E-state index is 12.5. The molecule has 5 nitrogen and oxygen atoms in total. The van der Waals surface area contributed by atoms with Crippen molar-refractivity contribution in [3.63, 3.8) is 0 Å². The molecule has 27 heavy (non-hydrogen) atoms. The number of aliphatic imine (C=N–C) groups is 1. The van der Waals surface area contributed by atoms with Gasteiger partial charge in [-0.15, -0.1) is 24.0 Å². The van der Waals surface area contributed by atoms with Crippen LogP contribution in [0.1, 0.15) is 24.0 Å². The Morgan fingerprint density at radius 3 is 2.63 bits per heavy atom. The number of aromatic nitrogens is 1. The van der Waals surface area contributed by atoms with E-state index in [-0.39, 0.29) is 36.5 Å². The van der Waals surface area contributed by atoms with Gasteiger partial charge in [-0.25, -0.2) is 4.98 Å². The van der Waals surface area contributed by atoms with Crippen molar-refractivity contribution in [3.8, 4) is 5.88 Å². The van der Waals surface area contributed by atoms with Crippen molar-refractivity contribution in [2.24, 2.45) is 4.99 Å². The number of guanidine groups is 1. The third-order valence-electron chi connectivity index (χ3n) is 3.62. The van der Waals surface area contributed by atoms with E-state index < -0.39 is 11.7 Å². The number of nitrogens with zero attached hydrogens (tertiary/aromatic N) is 2. The first kappa shape index (κ1) is 23.5. The second kappa shape index (κ2) is 11.3. The number of hydrogen-bond acceptors (Lipinski definition) is 4. The van der Waals surface area contributed by atoms with Gasteiger partial charge in [-0.3, -0.25) is 4.99 Å². The molecule has 0 fully saturated rings. The Kier molecular flexibility index (Phi) is 9.84. The maximum Gasteiger partial charge on any atom is 0.417 e. The molecule has 0 saturated heterocycles. The van der Waals surface area contributed by atoms with Crippen LogP contribution in [0, 0.1) is 0 Å². The molecule has 0 amide bonds. The number of nitrogens with one attached hydrogen (secondary N) is 2. The van der Waals surface area contributed by atoms with Gasteiger partial charge in [0.05, 0.1) is 12.1 Å². The van der Waals surface area contributed by atoms with Crippen molar-refractivity contribution in [3.05, 3.63) is 46.3 Å². The molecule has 2 N–H and O–H groups in total.